The predicted octanol–water partition coefficient (Wildman–Crippen LogP) is 3.00. The van der Waals surface area contributed by atoms with Gasteiger partial charge in [0, 0.05) is 13.1 Å². The van der Waals surface area contributed by atoms with Crippen molar-refractivity contribution in [3.8, 4) is 0 Å². The summed E-state index contributed by atoms with van der Waals surface area (Å²) in [6, 6.07) is 13.4. The third-order valence-corrected chi connectivity index (χ3v) is 4.96. The van der Waals surface area contributed by atoms with E-state index >= 15 is 0 Å². The number of hydrogen-bond donors (Lipinski definition) is 3. The molecule has 5 heteroatoms. The molecule has 0 heterocycles. The zero-order valence-electron chi connectivity index (χ0n) is 15.4. The molecule has 0 aromatic heterocycles. The molecule has 3 rings (SSSR count). The van der Waals surface area contributed by atoms with Crippen LogP contribution in [-0.2, 0) is 9.59 Å². The van der Waals surface area contributed by atoms with Gasteiger partial charge in [0.1, 0.15) is 0 Å². The van der Waals surface area contributed by atoms with E-state index in [0.29, 0.717) is 6.54 Å². The van der Waals surface area contributed by atoms with E-state index in [1.54, 1.807) is 0 Å². The maximum absolute atomic E-state index is 12.0. The lowest BCUT2D eigenvalue weighted by Crippen LogP contribution is -2.41. The standard InChI is InChI=1S/C22H26N2O3/c25-20(19-12-6-10-17-9-4-5-11-18(17)19)15-24-22(27)21(26)23-14-13-16-7-2-1-3-8-16/h4-7,9-12,20,25H,1-3,8,13-15H2,(H,23,26)(H,24,27). The summed E-state index contributed by atoms with van der Waals surface area (Å²) in [4.78, 5) is 23.9. The summed E-state index contributed by atoms with van der Waals surface area (Å²) in [6.07, 6.45) is 6.77. The number of hydrogen-bond acceptors (Lipinski definition) is 3. The highest BCUT2D eigenvalue weighted by molar-refractivity contribution is 6.35. The van der Waals surface area contributed by atoms with Crippen molar-refractivity contribution in [1.82, 2.24) is 10.6 Å². The van der Waals surface area contributed by atoms with Crippen LogP contribution in [0.1, 0.15) is 43.8 Å². The fraction of sp³-hybridized carbons (Fsp3) is 0.364. The van der Waals surface area contributed by atoms with E-state index in [1.807, 2.05) is 42.5 Å². The molecule has 1 unspecified atom stereocenters. The van der Waals surface area contributed by atoms with Gasteiger partial charge in [0.25, 0.3) is 0 Å². The highest BCUT2D eigenvalue weighted by atomic mass is 16.3. The number of fused-ring (bicyclic) bond motifs is 1. The third-order valence-electron chi connectivity index (χ3n) is 4.96. The topological polar surface area (TPSA) is 78.4 Å². The van der Waals surface area contributed by atoms with Gasteiger partial charge in [-0.2, -0.15) is 0 Å². The normalized spacial score (nSPS) is 15.1. The average molecular weight is 366 g/mol. The first kappa shape index (κ1) is 19.1. The number of allylic oxidation sites excluding steroid dienone is 1. The SMILES string of the molecule is O=C(NCCC1=CCCCC1)C(=O)NCC(O)c1cccc2ccccc12. The van der Waals surface area contributed by atoms with Gasteiger partial charge in [-0.1, -0.05) is 54.1 Å². The average Bonchev–Trinajstić information content (AvgIpc) is 2.72. The number of carbonyl (C=O) groups excluding carboxylic acids is 2. The Morgan fingerprint density at radius 2 is 1.78 bits per heavy atom. The van der Waals surface area contributed by atoms with Gasteiger partial charge in [0.2, 0.25) is 0 Å². The summed E-state index contributed by atoms with van der Waals surface area (Å²) in [5.41, 5.74) is 2.09. The Balaban J connectivity index is 1.47. The van der Waals surface area contributed by atoms with Gasteiger partial charge >= 0.3 is 11.8 Å². The number of amides is 2. The van der Waals surface area contributed by atoms with Crippen molar-refractivity contribution in [1.29, 1.82) is 0 Å². The Kier molecular flexibility index (Phi) is 6.60. The van der Waals surface area contributed by atoms with Crippen LogP contribution in [0.2, 0.25) is 0 Å². The van der Waals surface area contributed by atoms with E-state index in [4.69, 9.17) is 0 Å². The predicted molar refractivity (Wildman–Crippen MR) is 106 cm³/mol. The maximum Gasteiger partial charge on any atom is 0.309 e. The molecule has 2 aromatic carbocycles. The van der Waals surface area contributed by atoms with Crippen molar-refractivity contribution in [2.24, 2.45) is 0 Å². The van der Waals surface area contributed by atoms with E-state index in [2.05, 4.69) is 16.7 Å². The molecule has 3 N–H and O–H groups in total. The summed E-state index contributed by atoms with van der Waals surface area (Å²) in [5, 5.41) is 17.6. The van der Waals surface area contributed by atoms with E-state index < -0.39 is 17.9 Å². The molecule has 0 fully saturated rings. The van der Waals surface area contributed by atoms with Gasteiger partial charge in [-0.05, 0) is 48.4 Å². The lowest BCUT2D eigenvalue weighted by Gasteiger charge is -2.15. The van der Waals surface area contributed by atoms with Crippen LogP contribution in [0, 0.1) is 0 Å². The number of aliphatic hydroxyl groups excluding tert-OH is 1. The van der Waals surface area contributed by atoms with Crippen LogP contribution in [0.15, 0.2) is 54.1 Å². The second kappa shape index (κ2) is 9.33. The molecular weight excluding hydrogens is 340 g/mol. The first-order valence-corrected chi connectivity index (χ1v) is 9.55. The molecule has 2 amide bonds. The lowest BCUT2D eigenvalue weighted by atomic mass is 9.97. The zero-order chi connectivity index (χ0) is 19.1. The van der Waals surface area contributed by atoms with Crippen LogP contribution >= 0.6 is 0 Å². The van der Waals surface area contributed by atoms with Crippen LogP contribution in [0.25, 0.3) is 10.8 Å². The van der Waals surface area contributed by atoms with Crippen molar-refractivity contribution < 1.29 is 14.7 Å². The number of benzene rings is 2. The van der Waals surface area contributed by atoms with Crippen molar-refractivity contribution in [2.45, 2.75) is 38.2 Å². The Hall–Kier alpha value is -2.66. The van der Waals surface area contributed by atoms with E-state index in [0.717, 1.165) is 35.6 Å². The zero-order valence-corrected chi connectivity index (χ0v) is 15.4. The first-order chi connectivity index (χ1) is 13.1. The van der Waals surface area contributed by atoms with Gasteiger partial charge in [-0.3, -0.25) is 9.59 Å². The minimum Gasteiger partial charge on any atom is -0.387 e. The summed E-state index contributed by atoms with van der Waals surface area (Å²) < 4.78 is 0. The van der Waals surface area contributed by atoms with Crippen molar-refractivity contribution in [3.63, 3.8) is 0 Å². The van der Waals surface area contributed by atoms with Crippen LogP contribution in [0.4, 0.5) is 0 Å². The largest absolute Gasteiger partial charge is 0.387 e. The first-order valence-electron chi connectivity index (χ1n) is 9.55. The molecule has 0 radical (unpaired) electrons. The minimum atomic E-state index is -0.875. The smallest absolute Gasteiger partial charge is 0.309 e. The van der Waals surface area contributed by atoms with E-state index in [9.17, 15) is 14.7 Å². The second-order valence-electron chi connectivity index (χ2n) is 6.91. The Morgan fingerprint density at radius 1 is 1.00 bits per heavy atom. The van der Waals surface area contributed by atoms with Crippen LogP contribution in [0.3, 0.4) is 0 Å². The Morgan fingerprint density at radius 3 is 2.59 bits per heavy atom. The van der Waals surface area contributed by atoms with Gasteiger partial charge in [-0.15, -0.1) is 0 Å². The van der Waals surface area contributed by atoms with Gasteiger partial charge in [0.05, 0.1) is 6.10 Å². The number of carbonyl (C=O) groups is 2. The molecule has 1 aliphatic rings. The van der Waals surface area contributed by atoms with E-state index in [1.165, 1.54) is 18.4 Å². The molecule has 0 spiro atoms. The molecule has 0 saturated heterocycles. The molecule has 27 heavy (non-hydrogen) atoms. The maximum atomic E-state index is 12.0. The molecule has 0 saturated carbocycles. The van der Waals surface area contributed by atoms with Crippen molar-refractivity contribution in [3.05, 3.63) is 59.7 Å². The molecule has 0 bridgehead atoms. The Bertz CT molecular complexity index is 839. The Labute approximate surface area is 159 Å². The van der Waals surface area contributed by atoms with Crippen LogP contribution in [0.5, 0.6) is 0 Å². The highest BCUT2D eigenvalue weighted by Crippen LogP contribution is 2.23. The molecule has 2 aromatic rings. The van der Waals surface area contributed by atoms with Crippen LogP contribution < -0.4 is 10.6 Å². The van der Waals surface area contributed by atoms with E-state index in [-0.39, 0.29) is 6.54 Å². The number of nitrogens with one attached hydrogen (secondary N) is 2. The second-order valence-corrected chi connectivity index (χ2v) is 6.91. The monoisotopic (exact) mass is 366 g/mol. The molecule has 5 nitrogen and oxygen atoms in total. The fourth-order valence-corrected chi connectivity index (χ4v) is 3.47. The van der Waals surface area contributed by atoms with Crippen LogP contribution in [-0.4, -0.2) is 30.0 Å². The fourth-order valence-electron chi connectivity index (χ4n) is 3.47. The molecule has 142 valence electrons. The third kappa shape index (κ3) is 5.17. The van der Waals surface area contributed by atoms with Crippen molar-refractivity contribution in [2.75, 3.05) is 13.1 Å². The number of rotatable bonds is 6. The molecular formula is C22H26N2O3. The minimum absolute atomic E-state index is 0.00852. The summed E-state index contributed by atoms with van der Waals surface area (Å²) in [5.74, 6) is -1.37. The lowest BCUT2D eigenvalue weighted by molar-refractivity contribution is -0.139. The van der Waals surface area contributed by atoms with Gasteiger partial charge in [0.15, 0.2) is 0 Å². The summed E-state index contributed by atoms with van der Waals surface area (Å²) in [7, 11) is 0. The summed E-state index contributed by atoms with van der Waals surface area (Å²) in [6.45, 7) is 0.454. The molecule has 1 aliphatic carbocycles. The highest BCUT2D eigenvalue weighted by Gasteiger charge is 2.17. The molecule has 0 aliphatic heterocycles. The van der Waals surface area contributed by atoms with Crippen molar-refractivity contribution >= 4 is 22.6 Å². The summed E-state index contributed by atoms with van der Waals surface area (Å²) >= 11 is 0. The number of aliphatic hydroxyl groups is 1. The quantitative estimate of drug-likeness (QED) is 0.543. The van der Waals surface area contributed by atoms with Gasteiger partial charge in [-0.25, -0.2) is 0 Å². The molecule has 1 atom stereocenters. The van der Waals surface area contributed by atoms with Gasteiger partial charge < -0.3 is 15.7 Å².